The van der Waals surface area contributed by atoms with Crippen LogP contribution in [0.3, 0.4) is 0 Å². The lowest BCUT2D eigenvalue weighted by atomic mass is 10.1. The van der Waals surface area contributed by atoms with Gasteiger partial charge < -0.3 is 4.74 Å². The third-order valence-corrected chi connectivity index (χ3v) is 5.42. The van der Waals surface area contributed by atoms with Gasteiger partial charge in [0.05, 0.1) is 11.4 Å². The molecule has 0 spiro atoms. The van der Waals surface area contributed by atoms with Crippen LogP contribution in [0, 0.1) is 0 Å². The quantitative estimate of drug-likeness (QED) is 0.344. The molecule has 0 aliphatic carbocycles. The van der Waals surface area contributed by atoms with E-state index in [1.165, 1.54) is 29.9 Å². The standard InChI is InChI=1S/C23H21ClN2O3S/c1-3-17-6-11-21(12-7-17)26(16(2)27)23-25-20(15-30-23)14-29-22(28)13-8-18-4-9-19(24)10-5-18/h4-13,15H,3,14H2,1-2H3/b13-8+. The van der Waals surface area contributed by atoms with E-state index in [9.17, 15) is 9.59 Å². The first-order valence-corrected chi connectivity index (χ1v) is 10.7. The molecule has 0 radical (unpaired) electrons. The highest BCUT2D eigenvalue weighted by molar-refractivity contribution is 7.14. The van der Waals surface area contributed by atoms with E-state index in [0.717, 1.165) is 17.7 Å². The summed E-state index contributed by atoms with van der Waals surface area (Å²) in [5, 5.41) is 2.95. The number of thiazole rings is 1. The van der Waals surface area contributed by atoms with Crippen molar-refractivity contribution >= 4 is 51.7 Å². The summed E-state index contributed by atoms with van der Waals surface area (Å²) >= 11 is 7.17. The number of hydrogen-bond donors (Lipinski definition) is 0. The van der Waals surface area contributed by atoms with Crippen molar-refractivity contribution in [1.29, 1.82) is 0 Å². The van der Waals surface area contributed by atoms with Crippen LogP contribution < -0.4 is 4.90 Å². The van der Waals surface area contributed by atoms with E-state index in [0.29, 0.717) is 15.8 Å². The molecule has 0 unspecified atom stereocenters. The van der Waals surface area contributed by atoms with E-state index in [1.54, 1.807) is 28.5 Å². The molecule has 0 N–H and O–H groups in total. The maximum Gasteiger partial charge on any atom is 0.331 e. The number of ether oxygens (including phenoxy) is 1. The van der Waals surface area contributed by atoms with Gasteiger partial charge in [0.25, 0.3) is 0 Å². The predicted molar refractivity (Wildman–Crippen MR) is 121 cm³/mol. The van der Waals surface area contributed by atoms with E-state index >= 15 is 0 Å². The van der Waals surface area contributed by atoms with Crippen molar-refractivity contribution < 1.29 is 14.3 Å². The third-order valence-electron chi connectivity index (χ3n) is 4.29. The van der Waals surface area contributed by atoms with Crippen LogP contribution >= 0.6 is 22.9 Å². The van der Waals surface area contributed by atoms with Gasteiger partial charge in [-0.05, 0) is 47.9 Å². The number of carbonyl (C=O) groups excluding carboxylic acids is 2. The molecular weight excluding hydrogens is 420 g/mol. The maximum atomic E-state index is 12.2. The Hall–Kier alpha value is -2.96. The van der Waals surface area contributed by atoms with E-state index in [2.05, 4.69) is 11.9 Å². The lowest BCUT2D eigenvalue weighted by Crippen LogP contribution is -2.22. The van der Waals surface area contributed by atoms with Gasteiger partial charge >= 0.3 is 5.97 Å². The molecule has 3 aromatic rings. The Kier molecular flexibility index (Phi) is 7.38. The zero-order chi connectivity index (χ0) is 21.5. The summed E-state index contributed by atoms with van der Waals surface area (Å²) in [6.45, 7) is 3.61. The number of hydrogen-bond acceptors (Lipinski definition) is 5. The molecule has 154 valence electrons. The lowest BCUT2D eigenvalue weighted by molar-refractivity contribution is -0.139. The van der Waals surface area contributed by atoms with Gasteiger partial charge in [0.2, 0.25) is 5.91 Å². The largest absolute Gasteiger partial charge is 0.456 e. The van der Waals surface area contributed by atoms with Gasteiger partial charge in [-0.25, -0.2) is 9.78 Å². The number of rotatable bonds is 7. The molecule has 5 nitrogen and oxygen atoms in total. The van der Waals surface area contributed by atoms with Crippen LogP contribution in [-0.4, -0.2) is 16.9 Å². The zero-order valence-corrected chi connectivity index (χ0v) is 18.2. The molecule has 7 heteroatoms. The molecule has 0 saturated carbocycles. The molecule has 1 amide bonds. The smallest absolute Gasteiger partial charge is 0.331 e. The number of aromatic nitrogens is 1. The zero-order valence-electron chi connectivity index (χ0n) is 16.7. The number of halogens is 1. The molecular formula is C23H21ClN2O3S. The number of esters is 1. The number of carbonyl (C=O) groups is 2. The Morgan fingerprint density at radius 2 is 1.83 bits per heavy atom. The highest BCUT2D eigenvalue weighted by atomic mass is 35.5. The number of amides is 1. The van der Waals surface area contributed by atoms with Crippen molar-refractivity contribution in [3.63, 3.8) is 0 Å². The topological polar surface area (TPSA) is 59.5 Å². The molecule has 1 heterocycles. The predicted octanol–water partition coefficient (Wildman–Crippen LogP) is 5.80. The van der Waals surface area contributed by atoms with E-state index in [4.69, 9.17) is 16.3 Å². The fraction of sp³-hybridized carbons (Fsp3) is 0.174. The summed E-state index contributed by atoms with van der Waals surface area (Å²) in [7, 11) is 0. The molecule has 0 aliphatic rings. The van der Waals surface area contributed by atoms with Crippen molar-refractivity contribution in [2.24, 2.45) is 0 Å². The highest BCUT2D eigenvalue weighted by Crippen LogP contribution is 2.29. The Morgan fingerprint density at radius 1 is 1.13 bits per heavy atom. The second kappa shape index (κ2) is 10.2. The summed E-state index contributed by atoms with van der Waals surface area (Å²) in [5.74, 6) is -0.610. The summed E-state index contributed by atoms with van der Waals surface area (Å²) < 4.78 is 5.25. The van der Waals surface area contributed by atoms with Gasteiger partial charge in [-0.3, -0.25) is 9.69 Å². The SMILES string of the molecule is CCc1ccc(N(C(C)=O)c2nc(COC(=O)/C=C/c3ccc(Cl)cc3)cs2)cc1. The second-order valence-corrected chi connectivity index (χ2v) is 7.76. The molecule has 30 heavy (non-hydrogen) atoms. The van der Waals surface area contributed by atoms with Gasteiger partial charge in [0.15, 0.2) is 5.13 Å². The van der Waals surface area contributed by atoms with E-state index < -0.39 is 5.97 Å². The Labute approximate surface area is 184 Å². The summed E-state index contributed by atoms with van der Waals surface area (Å²) in [5.41, 5.74) is 3.38. The van der Waals surface area contributed by atoms with Crippen LogP contribution in [0.4, 0.5) is 10.8 Å². The molecule has 0 saturated heterocycles. The van der Waals surface area contributed by atoms with Gasteiger partial charge in [-0.2, -0.15) is 0 Å². The number of anilines is 2. The van der Waals surface area contributed by atoms with Crippen LogP contribution in [0.15, 0.2) is 60.0 Å². The average molecular weight is 441 g/mol. The van der Waals surface area contributed by atoms with Gasteiger partial charge in [-0.1, -0.05) is 42.8 Å². The van der Waals surface area contributed by atoms with Crippen molar-refractivity contribution in [3.05, 3.63) is 81.8 Å². The van der Waals surface area contributed by atoms with Crippen LogP contribution in [0.25, 0.3) is 6.08 Å². The van der Waals surface area contributed by atoms with Crippen molar-refractivity contribution in [1.82, 2.24) is 4.98 Å². The molecule has 1 aromatic heterocycles. The molecule has 0 fully saturated rings. The Bertz CT molecular complexity index is 1040. The first kappa shape index (κ1) is 21.7. The van der Waals surface area contributed by atoms with Gasteiger partial charge in [-0.15, -0.1) is 11.3 Å². The fourth-order valence-electron chi connectivity index (χ4n) is 2.70. The molecule has 2 aromatic carbocycles. The van der Waals surface area contributed by atoms with E-state index in [-0.39, 0.29) is 12.5 Å². The lowest BCUT2D eigenvalue weighted by Gasteiger charge is -2.18. The summed E-state index contributed by atoms with van der Waals surface area (Å²) in [6.07, 6.45) is 3.94. The summed E-state index contributed by atoms with van der Waals surface area (Å²) in [6, 6.07) is 14.9. The average Bonchev–Trinajstić information content (AvgIpc) is 3.20. The highest BCUT2D eigenvalue weighted by Gasteiger charge is 2.18. The fourth-order valence-corrected chi connectivity index (χ4v) is 3.70. The van der Waals surface area contributed by atoms with Gasteiger partial charge in [0.1, 0.15) is 6.61 Å². The van der Waals surface area contributed by atoms with Gasteiger partial charge in [0, 0.05) is 23.4 Å². The molecule has 3 rings (SSSR count). The van der Waals surface area contributed by atoms with Crippen molar-refractivity contribution in [2.45, 2.75) is 26.9 Å². The first-order valence-electron chi connectivity index (χ1n) is 9.40. The Morgan fingerprint density at radius 3 is 2.47 bits per heavy atom. The number of nitrogens with zero attached hydrogens (tertiary/aromatic N) is 2. The first-order chi connectivity index (χ1) is 14.5. The van der Waals surface area contributed by atoms with Crippen molar-refractivity contribution in [3.8, 4) is 0 Å². The molecule has 0 aliphatic heterocycles. The van der Waals surface area contributed by atoms with Crippen LogP contribution in [0.1, 0.15) is 30.7 Å². The maximum absolute atomic E-state index is 12.2. The molecule has 0 atom stereocenters. The van der Waals surface area contributed by atoms with Crippen LogP contribution in [0.5, 0.6) is 0 Å². The minimum atomic E-state index is -0.474. The second-order valence-electron chi connectivity index (χ2n) is 6.49. The summed E-state index contributed by atoms with van der Waals surface area (Å²) in [4.78, 5) is 30.2. The number of aryl methyl sites for hydroxylation is 1. The minimum Gasteiger partial charge on any atom is -0.456 e. The number of benzene rings is 2. The Balaban J connectivity index is 1.63. The van der Waals surface area contributed by atoms with Crippen LogP contribution in [0.2, 0.25) is 5.02 Å². The van der Waals surface area contributed by atoms with Crippen LogP contribution in [-0.2, 0) is 27.4 Å². The monoisotopic (exact) mass is 440 g/mol. The minimum absolute atomic E-state index is 0.0286. The van der Waals surface area contributed by atoms with Crippen molar-refractivity contribution in [2.75, 3.05) is 4.90 Å². The molecule has 0 bridgehead atoms. The van der Waals surface area contributed by atoms with E-state index in [1.807, 2.05) is 36.4 Å². The third kappa shape index (κ3) is 5.78. The normalized spacial score (nSPS) is 10.9.